The van der Waals surface area contributed by atoms with Gasteiger partial charge in [-0.2, -0.15) is 4.31 Å². The van der Waals surface area contributed by atoms with E-state index in [-0.39, 0.29) is 10.8 Å². The van der Waals surface area contributed by atoms with E-state index in [2.05, 4.69) is 12.2 Å². The highest BCUT2D eigenvalue weighted by Crippen LogP contribution is 2.31. The summed E-state index contributed by atoms with van der Waals surface area (Å²) in [5, 5.41) is 2.81. The van der Waals surface area contributed by atoms with Crippen LogP contribution in [0.4, 0.5) is 5.69 Å². The molecule has 0 saturated carbocycles. The van der Waals surface area contributed by atoms with E-state index in [9.17, 15) is 13.2 Å². The molecule has 146 valence electrons. The number of carbonyl (C=O) groups excluding carboxylic acids is 1. The lowest BCUT2D eigenvalue weighted by Gasteiger charge is -2.27. The fourth-order valence-electron chi connectivity index (χ4n) is 3.07. The quantitative estimate of drug-likeness (QED) is 0.660. The lowest BCUT2D eigenvalue weighted by Crippen LogP contribution is -2.35. The average Bonchev–Trinajstić information content (AvgIpc) is 2.64. The molecular formula is C19H30N2O4S. The van der Waals surface area contributed by atoms with Crippen molar-refractivity contribution < 1.29 is 17.9 Å². The topological polar surface area (TPSA) is 75.7 Å². The molecule has 0 radical (unpaired) electrons. The van der Waals surface area contributed by atoms with Gasteiger partial charge in [-0.3, -0.25) is 4.79 Å². The lowest BCUT2D eigenvalue weighted by atomic mass is 10.2. The summed E-state index contributed by atoms with van der Waals surface area (Å²) < 4.78 is 33.2. The van der Waals surface area contributed by atoms with Crippen molar-refractivity contribution in [2.75, 3.05) is 25.0 Å². The van der Waals surface area contributed by atoms with Gasteiger partial charge >= 0.3 is 0 Å². The first kappa shape index (κ1) is 20.7. The third-order valence-electron chi connectivity index (χ3n) is 4.47. The van der Waals surface area contributed by atoms with Crippen LogP contribution in [0.15, 0.2) is 23.1 Å². The zero-order chi connectivity index (χ0) is 19.0. The number of nitrogens with one attached hydrogen (secondary N) is 1. The van der Waals surface area contributed by atoms with Crippen molar-refractivity contribution in [1.29, 1.82) is 0 Å². The zero-order valence-electron chi connectivity index (χ0n) is 15.8. The zero-order valence-corrected chi connectivity index (χ0v) is 16.6. The standard InChI is InChI=1S/C19H30N2O4S/c1-3-5-7-10-19(22)20-16-11-12-17(25-4-2)18(15-16)26(23,24)21-13-8-6-9-14-21/h11-12,15H,3-10,13-14H2,1-2H3,(H,20,22). The van der Waals surface area contributed by atoms with Crippen LogP contribution < -0.4 is 10.1 Å². The highest BCUT2D eigenvalue weighted by Gasteiger charge is 2.29. The van der Waals surface area contributed by atoms with E-state index in [1.165, 1.54) is 10.4 Å². The maximum absolute atomic E-state index is 13.1. The van der Waals surface area contributed by atoms with E-state index in [4.69, 9.17) is 4.74 Å². The summed E-state index contributed by atoms with van der Waals surface area (Å²) in [7, 11) is -3.64. The molecule has 1 aromatic rings. The van der Waals surface area contributed by atoms with Crippen LogP contribution in [-0.4, -0.2) is 38.3 Å². The summed E-state index contributed by atoms with van der Waals surface area (Å²) in [6.07, 6.45) is 6.12. The number of anilines is 1. The van der Waals surface area contributed by atoms with Crippen LogP contribution in [0, 0.1) is 0 Å². The number of piperidine rings is 1. The second-order valence-corrected chi connectivity index (χ2v) is 8.47. The van der Waals surface area contributed by atoms with Crippen LogP contribution in [0.2, 0.25) is 0 Å². The van der Waals surface area contributed by atoms with E-state index in [1.807, 2.05) is 6.92 Å². The molecule has 0 unspecified atom stereocenters. The molecule has 0 bridgehead atoms. The van der Waals surface area contributed by atoms with Crippen molar-refractivity contribution in [1.82, 2.24) is 4.31 Å². The second kappa shape index (κ2) is 9.92. The molecule has 1 aliphatic heterocycles. The Bertz CT molecular complexity index is 697. The number of rotatable bonds is 9. The van der Waals surface area contributed by atoms with Crippen molar-refractivity contribution in [3.05, 3.63) is 18.2 Å². The third kappa shape index (κ3) is 5.45. The van der Waals surface area contributed by atoms with Gasteiger partial charge in [0.1, 0.15) is 10.6 Å². The first-order valence-corrected chi connectivity index (χ1v) is 11.0. The van der Waals surface area contributed by atoms with Crippen molar-refractivity contribution >= 4 is 21.6 Å². The molecule has 1 saturated heterocycles. The number of hydrogen-bond acceptors (Lipinski definition) is 4. The van der Waals surface area contributed by atoms with E-state index in [0.29, 0.717) is 37.6 Å². The SMILES string of the molecule is CCCCCC(=O)Nc1ccc(OCC)c(S(=O)(=O)N2CCCCC2)c1. The van der Waals surface area contributed by atoms with Crippen LogP contribution >= 0.6 is 0 Å². The molecule has 0 aliphatic carbocycles. The van der Waals surface area contributed by atoms with Gasteiger partial charge in [-0.25, -0.2) is 8.42 Å². The van der Waals surface area contributed by atoms with Gasteiger partial charge in [0.2, 0.25) is 15.9 Å². The molecule has 7 heteroatoms. The Morgan fingerprint density at radius 3 is 2.54 bits per heavy atom. The molecule has 0 atom stereocenters. The Balaban J connectivity index is 2.23. The number of benzene rings is 1. The molecule has 1 heterocycles. The maximum Gasteiger partial charge on any atom is 0.246 e. The number of ether oxygens (including phenoxy) is 1. The summed E-state index contributed by atoms with van der Waals surface area (Å²) in [4.78, 5) is 12.2. The largest absolute Gasteiger partial charge is 0.492 e. The van der Waals surface area contributed by atoms with Crippen molar-refractivity contribution in [3.8, 4) is 5.75 Å². The Kier molecular flexibility index (Phi) is 7.90. The minimum atomic E-state index is -3.64. The smallest absolute Gasteiger partial charge is 0.246 e. The molecule has 2 rings (SSSR count). The maximum atomic E-state index is 13.1. The highest BCUT2D eigenvalue weighted by molar-refractivity contribution is 7.89. The number of hydrogen-bond donors (Lipinski definition) is 1. The summed E-state index contributed by atoms with van der Waals surface area (Å²) in [6, 6.07) is 4.84. The van der Waals surface area contributed by atoms with Crippen molar-refractivity contribution in [2.45, 2.75) is 63.7 Å². The minimum absolute atomic E-state index is 0.0936. The molecule has 0 aromatic heterocycles. The Labute approximate surface area is 157 Å². The van der Waals surface area contributed by atoms with Gasteiger partial charge in [0.15, 0.2) is 0 Å². The second-order valence-electron chi connectivity index (χ2n) is 6.56. The summed E-state index contributed by atoms with van der Waals surface area (Å²) in [5.74, 6) is 0.242. The average molecular weight is 383 g/mol. The van der Waals surface area contributed by atoms with Crippen LogP contribution in [0.25, 0.3) is 0 Å². The molecule has 1 fully saturated rings. The highest BCUT2D eigenvalue weighted by atomic mass is 32.2. The number of unbranched alkanes of at least 4 members (excludes halogenated alkanes) is 2. The molecule has 0 spiro atoms. The predicted octanol–water partition coefficient (Wildman–Crippen LogP) is 3.78. The van der Waals surface area contributed by atoms with E-state index < -0.39 is 10.0 Å². The van der Waals surface area contributed by atoms with Crippen molar-refractivity contribution in [3.63, 3.8) is 0 Å². The summed E-state index contributed by atoms with van der Waals surface area (Å²) in [5.41, 5.74) is 0.491. The Morgan fingerprint density at radius 1 is 1.15 bits per heavy atom. The van der Waals surface area contributed by atoms with Gasteiger partial charge < -0.3 is 10.1 Å². The molecule has 1 amide bonds. The van der Waals surface area contributed by atoms with Gasteiger partial charge in [-0.15, -0.1) is 0 Å². The van der Waals surface area contributed by atoms with Gasteiger partial charge in [-0.1, -0.05) is 26.2 Å². The number of amides is 1. The van der Waals surface area contributed by atoms with Gasteiger partial charge in [-0.05, 0) is 44.4 Å². The summed E-state index contributed by atoms with van der Waals surface area (Å²) >= 11 is 0. The lowest BCUT2D eigenvalue weighted by molar-refractivity contribution is -0.116. The van der Waals surface area contributed by atoms with Crippen molar-refractivity contribution in [2.24, 2.45) is 0 Å². The fourth-order valence-corrected chi connectivity index (χ4v) is 4.74. The predicted molar refractivity (Wildman–Crippen MR) is 103 cm³/mol. The molecule has 1 aliphatic rings. The first-order chi connectivity index (χ1) is 12.5. The molecule has 6 nitrogen and oxygen atoms in total. The molecular weight excluding hydrogens is 352 g/mol. The van der Waals surface area contributed by atoms with Gasteiger partial charge in [0.05, 0.1) is 6.61 Å². The van der Waals surface area contributed by atoms with Crippen LogP contribution in [0.1, 0.15) is 58.8 Å². The van der Waals surface area contributed by atoms with E-state index in [0.717, 1.165) is 38.5 Å². The third-order valence-corrected chi connectivity index (χ3v) is 6.39. The van der Waals surface area contributed by atoms with Gasteiger partial charge in [0, 0.05) is 25.2 Å². The van der Waals surface area contributed by atoms with E-state index >= 15 is 0 Å². The van der Waals surface area contributed by atoms with Crippen LogP contribution in [0.3, 0.4) is 0 Å². The fraction of sp³-hybridized carbons (Fsp3) is 0.632. The normalized spacial score (nSPS) is 15.6. The summed E-state index contributed by atoms with van der Waals surface area (Å²) in [6.45, 7) is 5.34. The van der Waals surface area contributed by atoms with Gasteiger partial charge in [0.25, 0.3) is 0 Å². The number of sulfonamides is 1. The minimum Gasteiger partial charge on any atom is -0.492 e. The van der Waals surface area contributed by atoms with E-state index in [1.54, 1.807) is 12.1 Å². The number of nitrogens with zero attached hydrogens (tertiary/aromatic N) is 1. The Hall–Kier alpha value is -1.60. The number of carbonyl (C=O) groups is 1. The van der Waals surface area contributed by atoms with Crippen LogP contribution in [-0.2, 0) is 14.8 Å². The molecule has 1 aromatic carbocycles. The first-order valence-electron chi connectivity index (χ1n) is 9.56. The Morgan fingerprint density at radius 2 is 1.88 bits per heavy atom. The van der Waals surface area contributed by atoms with Crippen LogP contribution in [0.5, 0.6) is 5.75 Å². The molecule has 1 N–H and O–H groups in total. The molecule has 26 heavy (non-hydrogen) atoms. The monoisotopic (exact) mass is 382 g/mol.